The number of aromatic nitrogens is 2. The Morgan fingerprint density at radius 3 is 2.48 bits per heavy atom. The van der Waals surface area contributed by atoms with Gasteiger partial charge in [0.05, 0.1) is 16.8 Å². The van der Waals surface area contributed by atoms with Gasteiger partial charge >= 0.3 is 6.18 Å². The minimum absolute atomic E-state index is 0.137. The van der Waals surface area contributed by atoms with Crippen LogP contribution in [0.5, 0.6) is 0 Å². The van der Waals surface area contributed by atoms with E-state index < -0.39 is 17.7 Å². The number of fused-ring (bicyclic) bond motifs is 1. The number of halogens is 3. The Kier molecular flexibility index (Phi) is 5.55. The van der Waals surface area contributed by atoms with Gasteiger partial charge in [-0.1, -0.05) is 48.0 Å². The Morgan fingerprint density at radius 1 is 0.935 bits per heavy atom. The van der Waals surface area contributed by atoms with Crippen LogP contribution in [0.3, 0.4) is 0 Å². The molecule has 0 unspecified atom stereocenters. The first kappa shape index (κ1) is 20.7. The number of benzene rings is 2. The zero-order chi connectivity index (χ0) is 22.0. The molecule has 1 atom stereocenters. The van der Waals surface area contributed by atoms with Crippen molar-refractivity contribution in [3.8, 4) is 0 Å². The van der Waals surface area contributed by atoms with E-state index in [0.717, 1.165) is 17.0 Å². The summed E-state index contributed by atoms with van der Waals surface area (Å²) < 4.78 is 41.1. The Morgan fingerprint density at radius 2 is 1.71 bits per heavy atom. The van der Waals surface area contributed by atoms with Crippen molar-refractivity contribution in [3.63, 3.8) is 0 Å². The highest BCUT2D eigenvalue weighted by atomic mass is 19.4. The van der Waals surface area contributed by atoms with Crippen LogP contribution in [0, 0.1) is 6.92 Å². The number of Topliss-reactive ketones (excluding diaryl/α,β-unsaturated/α-hetero) is 1. The van der Waals surface area contributed by atoms with Crippen molar-refractivity contribution in [1.82, 2.24) is 9.97 Å². The van der Waals surface area contributed by atoms with Crippen LogP contribution >= 0.6 is 0 Å². The minimum Gasteiger partial charge on any atom is -0.294 e. The van der Waals surface area contributed by atoms with Gasteiger partial charge in [0.25, 0.3) is 0 Å². The molecule has 0 fully saturated rings. The first-order valence-electron chi connectivity index (χ1n) is 9.79. The molecule has 0 aliphatic heterocycles. The van der Waals surface area contributed by atoms with Crippen LogP contribution in [0.25, 0.3) is 10.9 Å². The summed E-state index contributed by atoms with van der Waals surface area (Å²) in [6.07, 6.45) is -1.74. The molecular formula is C25H19F3N2O. The number of pyridine rings is 2. The van der Waals surface area contributed by atoms with Gasteiger partial charge in [-0.05, 0) is 36.8 Å². The predicted octanol–water partition coefficient (Wildman–Crippen LogP) is 6.36. The number of hydrogen-bond donors (Lipinski definition) is 0. The molecule has 0 saturated heterocycles. The van der Waals surface area contributed by atoms with Gasteiger partial charge in [0.15, 0.2) is 5.78 Å². The number of rotatable bonds is 5. The zero-order valence-electron chi connectivity index (χ0n) is 16.7. The second-order valence-corrected chi connectivity index (χ2v) is 7.44. The lowest BCUT2D eigenvalue weighted by atomic mass is 9.85. The number of ketones is 1. The monoisotopic (exact) mass is 420 g/mol. The van der Waals surface area contributed by atoms with Crippen molar-refractivity contribution in [2.75, 3.05) is 0 Å². The van der Waals surface area contributed by atoms with Crippen molar-refractivity contribution in [1.29, 1.82) is 0 Å². The average Bonchev–Trinajstić information content (AvgIpc) is 2.76. The number of alkyl halides is 3. The van der Waals surface area contributed by atoms with Crippen LogP contribution in [0.4, 0.5) is 13.2 Å². The number of hydrogen-bond acceptors (Lipinski definition) is 3. The van der Waals surface area contributed by atoms with Crippen LogP contribution < -0.4 is 0 Å². The largest absolute Gasteiger partial charge is 0.418 e. The van der Waals surface area contributed by atoms with E-state index in [-0.39, 0.29) is 17.9 Å². The van der Waals surface area contributed by atoms with Crippen molar-refractivity contribution in [3.05, 3.63) is 107 Å². The van der Waals surface area contributed by atoms with Crippen LogP contribution in [-0.2, 0) is 6.18 Å². The lowest BCUT2D eigenvalue weighted by Gasteiger charge is -2.21. The number of carbonyl (C=O) groups excluding carboxylic acids is 1. The zero-order valence-corrected chi connectivity index (χ0v) is 16.7. The molecule has 156 valence electrons. The molecule has 0 spiro atoms. The van der Waals surface area contributed by atoms with E-state index in [2.05, 4.69) is 9.97 Å². The van der Waals surface area contributed by atoms with Crippen molar-refractivity contribution < 1.29 is 18.0 Å². The molecule has 0 bridgehead atoms. The van der Waals surface area contributed by atoms with E-state index in [1.54, 1.807) is 48.7 Å². The molecule has 2 aromatic heterocycles. The molecule has 0 N–H and O–H groups in total. The molecule has 3 nitrogen and oxygen atoms in total. The highest BCUT2D eigenvalue weighted by Crippen LogP contribution is 2.38. The number of carbonyl (C=O) groups is 1. The van der Waals surface area contributed by atoms with Gasteiger partial charge in [-0.25, -0.2) is 0 Å². The second-order valence-electron chi connectivity index (χ2n) is 7.44. The standard InChI is InChI=1S/C25H19F3N2O/c1-16-5-2-6-18(13-16)20(24-21(25(26,27)28)8-4-12-30-24)15-23(31)19-10-9-17-7-3-11-29-22(17)14-19/h2-14,20H,15H2,1H3/t20-/m0/s1. The highest BCUT2D eigenvalue weighted by molar-refractivity contribution is 5.99. The molecule has 0 aliphatic rings. The molecule has 0 saturated carbocycles. The molecule has 2 heterocycles. The topological polar surface area (TPSA) is 42.9 Å². The van der Waals surface area contributed by atoms with Crippen molar-refractivity contribution in [2.45, 2.75) is 25.4 Å². The van der Waals surface area contributed by atoms with E-state index >= 15 is 0 Å². The Bertz CT molecular complexity index is 1250. The summed E-state index contributed by atoms with van der Waals surface area (Å²) in [7, 11) is 0. The van der Waals surface area contributed by atoms with Crippen molar-refractivity contribution >= 4 is 16.7 Å². The maximum atomic E-state index is 13.7. The van der Waals surface area contributed by atoms with Gasteiger partial charge in [-0.3, -0.25) is 14.8 Å². The third-order valence-electron chi connectivity index (χ3n) is 5.24. The highest BCUT2D eigenvalue weighted by Gasteiger charge is 2.37. The smallest absolute Gasteiger partial charge is 0.294 e. The molecule has 4 rings (SSSR count). The molecule has 4 aromatic rings. The Labute approximate surface area is 177 Å². The first-order valence-corrected chi connectivity index (χ1v) is 9.79. The maximum Gasteiger partial charge on any atom is 0.418 e. The summed E-state index contributed by atoms with van der Waals surface area (Å²) in [5.74, 6) is -1.09. The maximum absolute atomic E-state index is 13.7. The lowest BCUT2D eigenvalue weighted by Crippen LogP contribution is -2.17. The Balaban J connectivity index is 1.77. The fourth-order valence-corrected chi connectivity index (χ4v) is 3.74. The van der Waals surface area contributed by atoms with Gasteiger partial charge in [-0.2, -0.15) is 13.2 Å². The normalized spacial score (nSPS) is 12.6. The molecule has 2 aromatic carbocycles. The predicted molar refractivity (Wildman–Crippen MR) is 113 cm³/mol. The van der Waals surface area contributed by atoms with E-state index in [1.807, 2.05) is 19.1 Å². The third-order valence-corrected chi connectivity index (χ3v) is 5.24. The summed E-state index contributed by atoms with van der Waals surface area (Å²) in [5, 5.41) is 0.887. The molecular weight excluding hydrogens is 401 g/mol. The number of aryl methyl sites for hydroxylation is 1. The second kappa shape index (κ2) is 8.30. The quantitative estimate of drug-likeness (QED) is 0.353. The van der Waals surface area contributed by atoms with Crippen molar-refractivity contribution in [2.24, 2.45) is 0 Å². The molecule has 31 heavy (non-hydrogen) atoms. The molecule has 0 amide bonds. The van der Waals surface area contributed by atoms with Gasteiger partial charge in [0.2, 0.25) is 0 Å². The fourth-order valence-electron chi connectivity index (χ4n) is 3.74. The van der Waals surface area contributed by atoms with Gasteiger partial charge in [0, 0.05) is 35.7 Å². The average molecular weight is 420 g/mol. The van der Waals surface area contributed by atoms with Crippen LogP contribution in [-0.4, -0.2) is 15.8 Å². The molecule has 6 heteroatoms. The molecule has 0 aliphatic carbocycles. The third kappa shape index (κ3) is 4.48. The SMILES string of the molecule is Cc1cccc([C@H](CC(=O)c2ccc3cccnc3c2)c2ncccc2C(F)(F)F)c1. The van der Waals surface area contributed by atoms with E-state index in [4.69, 9.17) is 0 Å². The van der Waals surface area contributed by atoms with Crippen LogP contribution in [0.1, 0.15) is 45.1 Å². The first-order chi connectivity index (χ1) is 14.8. The summed E-state index contributed by atoms with van der Waals surface area (Å²) in [6.45, 7) is 1.86. The molecule has 0 radical (unpaired) electrons. The van der Waals surface area contributed by atoms with E-state index in [0.29, 0.717) is 16.6 Å². The van der Waals surface area contributed by atoms with Gasteiger partial charge in [0.1, 0.15) is 0 Å². The minimum atomic E-state index is -4.57. The Hall–Kier alpha value is -3.54. The summed E-state index contributed by atoms with van der Waals surface area (Å²) in [6, 6.07) is 18.3. The summed E-state index contributed by atoms with van der Waals surface area (Å²) >= 11 is 0. The summed E-state index contributed by atoms with van der Waals surface area (Å²) in [5.41, 5.74) is 1.62. The summed E-state index contributed by atoms with van der Waals surface area (Å²) in [4.78, 5) is 21.5. The van der Waals surface area contributed by atoms with Gasteiger partial charge < -0.3 is 0 Å². The number of nitrogens with zero attached hydrogens (tertiary/aromatic N) is 2. The van der Waals surface area contributed by atoms with E-state index in [1.165, 1.54) is 12.3 Å². The fraction of sp³-hybridized carbons (Fsp3) is 0.160. The lowest BCUT2D eigenvalue weighted by molar-refractivity contribution is -0.138. The van der Waals surface area contributed by atoms with Crippen LogP contribution in [0.2, 0.25) is 0 Å². The van der Waals surface area contributed by atoms with Crippen LogP contribution in [0.15, 0.2) is 79.1 Å². The van der Waals surface area contributed by atoms with Gasteiger partial charge in [-0.15, -0.1) is 0 Å². The van der Waals surface area contributed by atoms with E-state index in [9.17, 15) is 18.0 Å².